The maximum atomic E-state index is 6.10. The fourth-order valence-electron chi connectivity index (χ4n) is 2.81. The number of nitrogens with zero attached hydrogens (tertiary/aromatic N) is 2. The van der Waals surface area contributed by atoms with Crippen LogP contribution >= 0.6 is 11.6 Å². The van der Waals surface area contributed by atoms with Gasteiger partial charge in [-0.05, 0) is 42.7 Å². The third-order valence-corrected chi connectivity index (χ3v) is 4.04. The molecule has 1 aromatic heterocycles. The molecule has 0 aliphatic heterocycles. The minimum absolute atomic E-state index is 0.408. The van der Waals surface area contributed by atoms with Crippen molar-refractivity contribution in [2.45, 2.75) is 32.6 Å². The van der Waals surface area contributed by atoms with E-state index in [-0.39, 0.29) is 0 Å². The molecule has 21 heavy (non-hydrogen) atoms. The van der Waals surface area contributed by atoms with Crippen molar-refractivity contribution in [3.8, 4) is 5.69 Å². The van der Waals surface area contributed by atoms with Crippen LogP contribution < -0.4 is 0 Å². The van der Waals surface area contributed by atoms with Crippen LogP contribution in [0.2, 0.25) is 0 Å². The molecule has 2 nitrogen and oxygen atoms in total. The van der Waals surface area contributed by atoms with Crippen LogP contribution in [0.25, 0.3) is 16.7 Å². The van der Waals surface area contributed by atoms with Crippen molar-refractivity contribution in [2.75, 3.05) is 0 Å². The van der Waals surface area contributed by atoms with Crippen LogP contribution in [0.3, 0.4) is 0 Å². The number of rotatable bonds is 4. The molecule has 0 unspecified atom stereocenters. The van der Waals surface area contributed by atoms with E-state index in [0.717, 1.165) is 29.0 Å². The van der Waals surface area contributed by atoms with Gasteiger partial charge in [-0.3, -0.25) is 4.57 Å². The second-order valence-electron chi connectivity index (χ2n) is 5.36. The Kier molecular flexibility index (Phi) is 3.98. The highest BCUT2D eigenvalue weighted by Gasteiger charge is 2.13. The third-order valence-electron chi connectivity index (χ3n) is 3.80. The predicted octanol–water partition coefficient (Wildman–Crippen LogP) is 5.03. The lowest BCUT2D eigenvalue weighted by atomic mass is 10.1. The van der Waals surface area contributed by atoms with Crippen molar-refractivity contribution in [3.05, 3.63) is 59.4 Å². The Hall–Kier alpha value is -1.80. The van der Waals surface area contributed by atoms with Crippen LogP contribution in [0, 0.1) is 6.92 Å². The highest BCUT2D eigenvalue weighted by Crippen LogP contribution is 2.25. The molecular formula is C18H19ClN2. The summed E-state index contributed by atoms with van der Waals surface area (Å²) >= 11 is 6.10. The Labute approximate surface area is 130 Å². The quantitative estimate of drug-likeness (QED) is 0.618. The van der Waals surface area contributed by atoms with Gasteiger partial charge in [0.05, 0.1) is 16.9 Å². The summed E-state index contributed by atoms with van der Waals surface area (Å²) in [5, 5.41) is 0. The largest absolute Gasteiger partial charge is 0.295 e. The Morgan fingerprint density at radius 3 is 2.52 bits per heavy atom. The highest BCUT2D eigenvalue weighted by molar-refractivity contribution is 6.17. The maximum Gasteiger partial charge on any atom is 0.129 e. The number of imidazole rings is 1. The summed E-state index contributed by atoms with van der Waals surface area (Å²) in [6, 6.07) is 14.9. The molecule has 0 saturated heterocycles. The summed E-state index contributed by atoms with van der Waals surface area (Å²) in [4.78, 5) is 4.66. The number of para-hydroxylation sites is 1. The van der Waals surface area contributed by atoms with Gasteiger partial charge in [0, 0.05) is 5.69 Å². The van der Waals surface area contributed by atoms with Crippen molar-refractivity contribution in [1.29, 1.82) is 0 Å². The van der Waals surface area contributed by atoms with Gasteiger partial charge in [0.25, 0.3) is 0 Å². The van der Waals surface area contributed by atoms with Gasteiger partial charge in [-0.15, -0.1) is 11.6 Å². The van der Waals surface area contributed by atoms with Crippen molar-refractivity contribution in [1.82, 2.24) is 9.55 Å². The number of aromatic nitrogens is 2. The van der Waals surface area contributed by atoms with E-state index in [1.807, 2.05) is 12.1 Å². The molecule has 3 heteroatoms. The van der Waals surface area contributed by atoms with E-state index in [1.165, 1.54) is 17.5 Å². The molecule has 3 aromatic rings. The average molecular weight is 299 g/mol. The Balaban J connectivity index is 2.18. The van der Waals surface area contributed by atoms with Crippen LogP contribution in [-0.4, -0.2) is 9.55 Å². The lowest BCUT2D eigenvalue weighted by Gasteiger charge is -2.10. The molecule has 0 spiro atoms. The van der Waals surface area contributed by atoms with Crippen LogP contribution in [0.5, 0.6) is 0 Å². The van der Waals surface area contributed by atoms with Gasteiger partial charge in [0.15, 0.2) is 0 Å². The predicted molar refractivity (Wildman–Crippen MR) is 89.4 cm³/mol. The van der Waals surface area contributed by atoms with Gasteiger partial charge < -0.3 is 0 Å². The molecule has 2 aromatic carbocycles. The Morgan fingerprint density at radius 1 is 1.10 bits per heavy atom. The molecule has 0 bridgehead atoms. The van der Waals surface area contributed by atoms with Crippen LogP contribution in [0.4, 0.5) is 0 Å². The fraction of sp³-hybridized carbons (Fsp3) is 0.278. The minimum Gasteiger partial charge on any atom is -0.295 e. The number of aryl methyl sites for hydroxylation is 2. The van der Waals surface area contributed by atoms with Crippen LogP contribution in [0.1, 0.15) is 30.3 Å². The maximum absolute atomic E-state index is 6.10. The highest BCUT2D eigenvalue weighted by atomic mass is 35.5. The van der Waals surface area contributed by atoms with Gasteiger partial charge >= 0.3 is 0 Å². The molecule has 0 radical (unpaired) electrons. The molecule has 0 aliphatic rings. The third kappa shape index (κ3) is 2.56. The molecule has 0 fully saturated rings. The van der Waals surface area contributed by atoms with Gasteiger partial charge in [-0.2, -0.15) is 0 Å². The lowest BCUT2D eigenvalue weighted by molar-refractivity contribution is 0.917. The zero-order chi connectivity index (χ0) is 14.8. The normalized spacial score (nSPS) is 11.2. The molecule has 1 heterocycles. The number of fused-ring (bicyclic) bond motifs is 1. The van der Waals surface area contributed by atoms with Gasteiger partial charge in [0.1, 0.15) is 5.82 Å². The number of hydrogen-bond acceptors (Lipinski definition) is 1. The first-order valence-corrected chi connectivity index (χ1v) is 7.90. The standard InChI is InChI=1S/C18H19ClN2/c1-3-5-14-8-10-15(11-9-14)21-17(12-19)20-16-7-4-6-13(2)18(16)21/h4,6-11H,3,5,12H2,1-2H3. The molecule has 0 atom stereocenters. The van der Waals surface area contributed by atoms with E-state index in [9.17, 15) is 0 Å². The molecule has 0 aliphatic carbocycles. The first-order valence-electron chi connectivity index (χ1n) is 7.36. The van der Waals surface area contributed by atoms with Crippen molar-refractivity contribution < 1.29 is 0 Å². The Morgan fingerprint density at radius 2 is 1.86 bits per heavy atom. The summed E-state index contributed by atoms with van der Waals surface area (Å²) in [7, 11) is 0. The first-order chi connectivity index (χ1) is 10.2. The van der Waals surface area contributed by atoms with Crippen molar-refractivity contribution in [3.63, 3.8) is 0 Å². The van der Waals surface area contributed by atoms with Crippen molar-refractivity contribution >= 4 is 22.6 Å². The fourth-order valence-corrected chi connectivity index (χ4v) is 2.99. The summed E-state index contributed by atoms with van der Waals surface area (Å²) in [6.45, 7) is 4.32. The summed E-state index contributed by atoms with van der Waals surface area (Å²) in [6.07, 6.45) is 2.28. The van der Waals surface area contributed by atoms with E-state index >= 15 is 0 Å². The van der Waals surface area contributed by atoms with Crippen molar-refractivity contribution in [2.24, 2.45) is 0 Å². The van der Waals surface area contributed by atoms with Gasteiger partial charge in [0.2, 0.25) is 0 Å². The zero-order valence-electron chi connectivity index (χ0n) is 12.4. The summed E-state index contributed by atoms with van der Waals surface area (Å²) in [5.74, 6) is 1.30. The lowest BCUT2D eigenvalue weighted by Crippen LogP contribution is -2.00. The van der Waals surface area contributed by atoms with E-state index in [0.29, 0.717) is 5.88 Å². The van der Waals surface area contributed by atoms with Gasteiger partial charge in [-0.25, -0.2) is 4.98 Å². The topological polar surface area (TPSA) is 17.8 Å². The smallest absolute Gasteiger partial charge is 0.129 e. The second kappa shape index (κ2) is 5.90. The molecule has 0 amide bonds. The number of alkyl halides is 1. The van der Waals surface area contributed by atoms with Crippen LogP contribution in [-0.2, 0) is 12.3 Å². The zero-order valence-corrected chi connectivity index (χ0v) is 13.2. The monoisotopic (exact) mass is 298 g/mol. The molecule has 108 valence electrons. The molecule has 0 saturated carbocycles. The van der Waals surface area contributed by atoms with E-state index in [4.69, 9.17) is 11.6 Å². The number of halogens is 1. The Bertz CT molecular complexity index is 757. The molecule has 0 N–H and O–H groups in total. The van der Waals surface area contributed by atoms with Crippen LogP contribution in [0.15, 0.2) is 42.5 Å². The average Bonchev–Trinajstić information content (AvgIpc) is 2.88. The first kappa shape index (κ1) is 14.2. The van der Waals surface area contributed by atoms with E-state index in [2.05, 4.69) is 53.7 Å². The summed E-state index contributed by atoms with van der Waals surface area (Å²) in [5.41, 5.74) is 5.87. The summed E-state index contributed by atoms with van der Waals surface area (Å²) < 4.78 is 2.17. The van der Waals surface area contributed by atoms with E-state index < -0.39 is 0 Å². The SMILES string of the molecule is CCCc1ccc(-n2c(CCl)nc3cccc(C)c32)cc1. The number of hydrogen-bond donors (Lipinski definition) is 0. The molecular weight excluding hydrogens is 280 g/mol. The minimum atomic E-state index is 0.408. The second-order valence-corrected chi connectivity index (χ2v) is 5.62. The number of benzene rings is 2. The molecule has 3 rings (SSSR count). The van der Waals surface area contributed by atoms with Gasteiger partial charge in [-0.1, -0.05) is 37.6 Å². The van der Waals surface area contributed by atoms with E-state index in [1.54, 1.807) is 0 Å².